The van der Waals surface area contributed by atoms with Crippen LogP contribution in [0.5, 0.6) is 5.75 Å². The van der Waals surface area contributed by atoms with Crippen molar-refractivity contribution in [3.05, 3.63) is 64.4 Å². The molecule has 1 atom stereocenters. The highest BCUT2D eigenvalue weighted by Gasteiger charge is 2.11. The van der Waals surface area contributed by atoms with Crippen molar-refractivity contribution >= 4 is 11.6 Å². The van der Waals surface area contributed by atoms with Gasteiger partial charge in [-0.05, 0) is 25.1 Å². The topological polar surface area (TPSA) is 29.5 Å². The fraction of sp³-hybridized carbons (Fsp3) is 0.200. The van der Waals surface area contributed by atoms with Crippen molar-refractivity contribution in [1.82, 2.24) is 0 Å². The first kappa shape index (κ1) is 13.8. The van der Waals surface area contributed by atoms with Crippen LogP contribution in [0, 0.1) is 5.82 Å². The van der Waals surface area contributed by atoms with Crippen LogP contribution >= 0.6 is 11.6 Å². The smallest absolute Gasteiger partial charge is 0.131 e. The predicted octanol–water partition coefficient (Wildman–Crippen LogP) is 4.11. The van der Waals surface area contributed by atoms with Gasteiger partial charge in [-0.1, -0.05) is 35.9 Å². The Morgan fingerprint density at radius 3 is 2.63 bits per heavy atom. The number of halogens is 2. The first-order valence-corrected chi connectivity index (χ1v) is 6.30. The number of para-hydroxylation sites is 1. The summed E-state index contributed by atoms with van der Waals surface area (Å²) in [6, 6.07) is 11.6. The Morgan fingerprint density at radius 1 is 1.21 bits per heavy atom. The molecule has 0 radical (unpaired) electrons. The molecule has 0 amide bonds. The van der Waals surface area contributed by atoms with Gasteiger partial charge in [-0.2, -0.15) is 0 Å². The molecule has 0 spiro atoms. The summed E-state index contributed by atoms with van der Waals surface area (Å²) in [6.45, 7) is 1.67. The third-order valence-electron chi connectivity index (χ3n) is 2.80. The van der Waals surface area contributed by atoms with Crippen molar-refractivity contribution < 1.29 is 14.2 Å². The van der Waals surface area contributed by atoms with Gasteiger partial charge in [0.2, 0.25) is 0 Å². The van der Waals surface area contributed by atoms with Crippen molar-refractivity contribution in [2.75, 3.05) is 0 Å². The Morgan fingerprint density at radius 2 is 1.95 bits per heavy atom. The zero-order chi connectivity index (χ0) is 13.8. The number of rotatable bonds is 4. The summed E-state index contributed by atoms with van der Waals surface area (Å²) in [5, 5.41) is 9.96. The van der Waals surface area contributed by atoms with E-state index in [4.69, 9.17) is 16.3 Å². The number of ether oxygens (including phenoxy) is 1. The number of benzene rings is 2. The SMILES string of the molecule is C[C@H](O)c1ccccc1OCc1c(F)cccc1Cl. The molecule has 0 aliphatic carbocycles. The van der Waals surface area contributed by atoms with Crippen LogP contribution in [0.2, 0.25) is 5.02 Å². The Kier molecular flexibility index (Phi) is 4.40. The molecule has 0 saturated carbocycles. The first-order valence-electron chi connectivity index (χ1n) is 5.92. The molecule has 19 heavy (non-hydrogen) atoms. The molecule has 0 aromatic heterocycles. The predicted molar refractivity (Wildman–Crippen MR) is 72.8 cm³/mol. The lowest BCUT2D eigenvalue weighted by Crippen LogP contribution is -2.03. The van der Waals surface area contributed by atoms with Gasteiger partial charge in [0.25, 0.3) is 0 Å². The van der Waals surface area contributed by atoms with Gasteiger partial charge in [-0.3, -0.25) is 0 Å². The Bertz CT molecular complexity index is 550. The second kappa shape index (κ2) is 6.04. The second-order valence-corrected chi connectivity index (χ2v) is 4.61. The van der Waals surface area contributed by atoms with Crippen LogP contribution in [0.4, 0.5) is 4.39 Å². The van der Waals surface area contributed by atoms with Crippen LogP contribution in [-0.2, 0) is 6.61 Å². The first-order chi connectivity index (χ1) is 9.09. The van der Waals surface area contributed by atoms with E-state index in [1.54, 1.807) is 37.3 Å². The zero-order valence-corrected chi connectivity index (χ0v) is 11.2. The van der Waals surface area contributed by atoms with Crippen molar-refractivity contribution in [3.63, 3.8) is 0 Å². The zero-order valence-electron chi connectivity index (χ0n) is 10.4. The summed E-state index contributed by atoms with van der Waals surface area (Å²) in [5.74, 6) is 0.124. The Balaban J connectivity index is 2.19. The monoisotopic (exact) mass is 280 g/mol. The van der Waals surface area contributed by atoms with Gasteiger partial charge in [0.15, 0.2) is 0 Å². The molecule has 1 N–H and O–H groups in total. The third kappa shape index (κ3) is 3.25. The van der Waals surface area contributed by atoms with Crippen LogP contribution in [-0.4, -0.2) is 5.11 Å². The third-order valence-corrected chi connectivity index (χ3v) is 3.16. The lowest BCUT2D eigenvalue weighted by molar-refractivity contribution is 0.190. The molecule has 100 valence electrons. The minimum atomic E-state index is -0.646. The Hall–Kier alpha value is -1.58. The number of hydrogen-bond donors (Lipinski definition) is 1. The summed E-state index contributed by atoms with van der Waals surface area (Å²) in [4.78, 5) is 0. The van der Waals surface area contributed by atoms with E-state index in [2.05, 4.69) is 0 Å². The van der Waals surface area contributed by atoms with Gasteiger partial charge < -0.3 is 9.84 Å². The van der Waals surface area contributed by atoms with E-state index in [0.29, 0.717) is 21.9 Å². The normalized spacial score (nSPS) is 12.2. The summed E-state index contributed by atoms with van der Waals surface area (Å²) in [6.07, 6.45) is -0.646. The van der Waals surface area contributed by atoms with Gasteiger partial charge >= 0.3 is 0 Å². The maximum Gasteiger partial charge on any atom is 0.131 e. The second-order valence-electron chi connectivity index (χ2n) is 4.20. The van der Waals surface area contributed by atoms with Crippen molar-refractivity contribution in [1.29, 1.82) is 0 Å². The highest BCUT2D eigenvalue weighted by Crippen LogP contribution is 2.27. The molecule has 2 aromatic rings. The number of hydrogen-bond acceptors (Lipinski definition) is 2. The summed E-state index contributed by atoms with van der Waals surface area (Å²) in [5.41, 5.74) is 0.972. The van der Waals surface area contributed by atoms with E-state index >= 15 is 0 Å². The molecule has 4 heteroatoms. The van der Waals surface area contributed by atoms with E-state index in [1.165, 1.54) is 6.07 Å². The van der Waals surface area contributed by atoms with Gasteiger partial charge in [0.1, 0.15) is 18.2 Å². The molecule has 2 nitrogen and oxygen atoms in total. The largest absolute Gasteiger partial charge is 0.488 e. The average molecular weight is 281 g/mol. The summed E-state index contributed by atoms with van der Waals surface area (Å²) < 4.78 is 19.2. The molecule has 0 aliphatic rings. The molecule has 0 aliphatic heterocycles. The van der Waals surface area contributed by atoms with Crippen molar-refractivity contribution in [2.45, 2.75) is 19.6 Å². The lowest BCUT2D eigenvalue weighted by Gasteiger charge is -2.14. The van der Waals surface area contributed by atoms with Crippen LogP contribution in [0.1, 0.15) is 24.2 Å². The Labute approximate surface area is 116 Å². The number of aliphatic hydroxyl groups is 1. The minimum Gasteiger partial charge on any atom is -0.488 e. The molecule has 0 bridgehead atoms. The lowest BCUT2D eigenvalue weighted by atomic mass is 10.1. The quantitative estimate of drug-likeness (QED) is 0.913. The van der Waals surface area contributed by atoms with Crippen LogP contribution in [0.15, 0.2) is 42.5 Å². The van der Waals surface area contributed by atoms with Gasteiger partial charge in [-0.15, -0.1) is 0 Å². The fourth-order valence-electron chi connectivity index (χ4n) is 1.78. The molecule has 2 aromatic carbocycles. The highest BCUT2D eigenvalue weighted by atomic mass is 35.5. The van der Waals surface area contributed by atoms with Gasteiger partial charge in [0.05, 0.1) is 11.1 Å². The van der Waals surface area contributed by atoms with E-state index in [-0.39, 0.29) is 6.61 Å². The summed E-state index contributed by atoms with van der Waals surface area (Å²) >= 11 is 5.93. The fourth-order valence-corrected chi connectivity index (χ4v) is 1.99. The molecule has 2 rings (SSSR count). The van der Waals surface area contributed by atoms with Crippen molar-refractivity contribution in [3.8, 4) is 5.75 Å². The molecular formula is C15H14ClFO2. The van der Waals surface area contributed by atoms with E-state index in [0.717, 1.165) is 0 Å². The molecular weight excluding hydrogens is 267 g/mol. The summed E-state index contributed by atoms with van der Waals surface area (Å²) in [7, 11) is 0. The molecule has 0 fully saturated rings. The number of aliphatic hydroxyl groups excluding tert-OH is 1. The minimum absolute atomic E-state index is 0.0231. The average Bonchev–Trinajstić information content (AvgIpc) is 2.38. The van der Waals surface area contributed by atoms with Crippen LogP contribution < -0.4 is 4.74 Å². The van der Waals surface area contributed by atoms with E-state index in [9.17, 15) is 9.50 Å². The molecule has 0 heterocycles. The molecule has 0 unspecified atom stereocenters. The molecule has 0 saturated heterocycles. The maximum atomic E-state index is 13.6. The van der Waals surface area contributed by atoms with Gasteiger partial charge in [-0.25, -0.2) is 4.39 Å². The van der Waals surface area contributed by atoms with E-state index in [1.807, 2.05) is 6.07 Å². The van der Waals surface area contributed by atoms with Gasteiger partial charge in [0, 0.05) is 11.1 Å². The van der Waals surface area contributed by atoms with Crippen LogP contribution in [0.25, 0.3) is 0 Å². The van der Waals surface area contributed by atoms with E-state index < -0.39 is 11.9 Å². The standard InChI is InChI=1S/C15H14ClFO2/c1-10(18)11-5-2-3-8-15(11)19-9-12-13(16)6-4-7-14(12)17/h2-8,10,18H,9H2,1H3/t10-/m0/s1. The highest BCUT2D eigenvalue weighted by molar-refractivity contribution is 6.31. The van der Waals surface area contributed by atoms with Crippen LogP contribution in [0.3, 0.4) is 0 Å². The maximum absolute atomic E-state index is 13.6. The van der Waals surface area contributed by atoms with Crippen molar-refractivity contribution in [2.24, 2.45) is 0 Å².